The standard InChI is InChI=1S/C14H17NO2S/c1-17-14(16)8-10-18-11-13-6-3-2-5-12(13)7-4-9-15/h2-3,5-6H,8-11,15H2,1H3. The molecule has 0 bridgehead atoms. The summed E-state index contributed by atoms with van der Waals surface area (Å²) in [7, 11) is 1.41. The van der Waals surface area contributed by atoms with Crippen molar-refractivity contribution in [3.05, 3.63) is 35.4 Å². The Morgan fingerprint density at radius 1 is 1.44 bits per heavy atom. The summed E-state index contributed by atoms with van der Waals surface area (Å²) in [5, 5.41) is 0. The highest BCUT2D eigenvalue weighted by atomic mass is 32.2. The summed E-state index contributed by atoms with van der Waals surface area (Å²) >= 11 is 1.70. The van der Waals surface area contributed by atoms with Crippen LogP contribution in [0.5, 0.6) is 0 Å². The number of thioether (sulfide) groups is 1. The van der Waals surface area contributed by atoms with Crippen LogP contribution in [-0.4, -0.2) is 25.4 Å². The summed E-state index contributed by atoms with van der Waals surface area (Å²) in [5.41, 5.74) is 7.55. The number of hydrogen-bond donors (Lipinski definition) is 1. The molecule has 0 aromatic heterocycles. The molecule has 0 unspecified atom stereocenters. The molecule has 2 N–H and O–H groups in total. The summed E-state index contributed by atoms with van der Waals surface area (Å²) in [6, 6.07) is 7.98. The van der Waals surface area contributed by atoms with Gasteiger partial charge >= 0.3 is 5.97 Å². The topological polar surface area (TPSA) is 52.3 Å². The molecule has 0 aliphatic carbocycles. The molecule has 3 nitrogen and oxygen atoms in total. The molecule has 0 spiro atoms. The maximum atomic E-state index is 11.0. The fourth-order valence-corrected chi connectivity index (χ4v) is 2.28. The van der Waals surface area contributed by atoms with Crippen molar-refractivity contribution in [3.63, 3.8) is 0 Å². The lowest BCUT2D eigenvalue weighted by Crippen LogP contribution is -2.01. The summed E-state index contributed by atoms with van der Waals surface area (Å²) in [6.07, 6.45) is 0.442. The first-order valence-corrected chi connectivity index (χ1v) is 6.84. The van der Waals surface area contributed by atoms with Crippen molar-refractivity contribution in [1.82, 2.24) is 0 Å². The van der Waals surface area contributed by atoms with Crippen LogP contribution in [0.2, 0.25) is 0 Å². The minimum absolute atomic E-state index is 0.168. The summed E-state index contributed by atoms with van der Waals surface area (Å²) in [4.78, 5) is 11.0. The Kier molecular flexibility index (Phi) is 7.00. The van der Waals surface area contributed by atoms with E-state index in [4.69, 9.17) is 5.73 Å². The second kappa shape index (κ2) is 8.62. The van der Waals surface area contributed by atoms with Gasteiger partial charge in [-0.05, 0) is 11.6 Å². The fraction of sp³-hybridized carbons (Fsp3) is 0.357. The van der Waals surface area contributed by atoms with Gasteiger partial charge in [-0.3, -0.25) is 4.79 Å². The first-order valence-electron chi connectivity index (χ1n) is 5.69. The first-order chi connectivity index (χ1) is 8.77. The largest absolute Gasteiger partial charge is 0.469 e. The van der Waals surface area contributed by atoms with Gasteiger partial charge in [0.15, 0.2) is 0 Å². The number of rotatable bonds is 5. The van der Waals surface area contributed by atoms with Gasteiger partial charge < -0.3 is 10.5 Å². The van der Waals surface area contributed by atoms with Gasteiger partial charge in [-0.1, -0.05) is 30.0 Å². The van der Waals surface area contributed by atoms with Crippen LogP contribution in [0.15, 0.2) is 24.3 Å². The number of esters is 1. The van der Waals surface area contributed by atoms with Crippen LogP contribution in [0.3, 0.4) is 0 Å². The van der Waals surface area contributed by atoms with E-state index in [1.807, 2.05) is 24.3 Å². The van der Waals surface area contributed by atoms with Crippen LogP contribution < -0.4 is 5.73 Å². The van der Waals surface area contributed by atoms with Crippen LogP contribution in [-0.2, 0) is 15.3 Å². The molecule has 0 atom stereocenters. The van der Waals surface area contributed by atoms with Crippen molar-refractivity contribution in [2.75, 3.05) is 19.4 Å². The number of nitrogens with two attached hydrogens (primary N) is 1. The molecular weight excluding hydrogens is 246 g/mol. The van der Waals surface area contributed by atoms with E-state index in [1.165, 1.54) is 12.7 Å². The molecule has 1 aromatic carbocycles. The van der Waals surface area contributed by atoms with Gasteiger partial charge in [-0.15, -0.1) is 0 Å². The SMILES string of the molecule is COC(=O)CCSCc1ccccc1C#CCN. The third kappa shape index (κ3) is 5.26. The van der Waals surface area contributed by atoms with E-state index in [-0.39, 0.29) is 5.97 Å². The van der Waals surface area contributed by atoms with E-state index in [0.29, 0.717) is 13.0 Å². The fourth-order valence-electron chi connectivity index (χ4n) is 1.35. The Bertz CT molecular complexity index is 449. The van der Waals surface area contributed by atoms with Crippen LogP contribution in [0.1, 0.15) is 17.5 Å². The Hall–Kier alpha value is -1.44. The molecule has 1 aromatic rings. The highest BCUT2D eigenvalue weighted by Gasteiger charge is 2.02. The van der Waals surface area contributed by atoms with Crippen LogP contribution in [0.4, 0.5) is 0 Å². The number of carbonyl (C=O) groups excluding carboxylic acids is 1. The van der Waals surface area contributed by atoms with Gasteiger partial charge in [0.1, 0.15) is 0 Å². The first kappa shape index (κ1) is 14.6. The predicted octanol–water partition coefficient (Wildman–Crippen LogP) is 1.79. The molecule has 0 fully saturated rings. The van der Waals surface area contributed by atoms with Crippen molar-refractivity contribution in [2.24, 2.45) is 5.73 Å². The molecule has 0 saturated carbocycles. The van der Waals surface area contributed by atoms with Gasteiger partial charge in [0.2, 0.25) is 0 Å². The number of carbonyl (C=O) groups is 1. The summed E-state index contributed by atoms with van der Waals surface area (Å²) in [5.74, 6) is 7.34. The molecule has 0 aliphatic rings. The van der Waals surface area contributed by atoms with Gasteiger partial charge in [-0.25, -0.2) is 0 Å². The molecule has 0 heterocycles. The van der Waals surface area contributed by atoms with Crippen molar-refractivity contribution >= 4 is 17.7 Å². The second-order valence-electron chi connectivity index (χ2n) is 3.54. The number of methoxy groups -OCH3 is 1. The maximum absolute atomic E-state index is 11.0. The molecule has 96 valence electrons. The zero-order chi connectivity index (χ0) is 13.2. The number of ether oxygens (including phenoxy) is 1. The smallest absolute Gasteiger partial charge is 0.306 e. The molecular formula is C14H17NO2S. The normalized spacial score (nSPS) is 9.44. The molecule has 4 heteroatoms. The minimum atomic E-state index is -0.168. The Balaban J connectivity index is 2.49. The third-order valence-corrected chi connectivity index (χ3v) is 3.29. The zero-order valence-electron chi connectivity index (χ0n) is 10.4. The van der Waals surface area contributed by atoms with Crippen LogP contribution in [0, 0.1) is 11.8 Å². The quantitative estimate of drug-likeness (QED) is 0.500. The van der Waals surface area contributed by atoms with Crippen molar-refractivity contribution in [2.45, 2.75) is 12.2 Å². The van der Waals surface area contributed by atoms with E-state index in [0.717, 1.165) is 17.1 Å². The van der Waals surface area contributed by atoms with Gasteiger partial charge in [0.05, 0.1) is 20.1 Å². The lowest BCUT2D eigenvalue weighted by molar-refractivity contribution is -0.140. The molecule has 18 heavy (non-hydrogen) atoms. The Morgan fingerprint density at radius 3 is 2.94 bits per heavy atom. The molecule has 1 rings (SSSR count). The van der Waals surface area contributed by atoms with Gasteiger partial charge in [-0.2, -0.15) is 11.8 Å². The third-order valence-electron chi connectivity index (χ3n) is 2.28. The van der Waals surface area contributed by atoms with E-state index < -0.39 is 0 Å². The van der Waals surface area contributed by atoms with E-state index in [9.17, 15) is 4.79 Å². The lowest BCUT2D eigenvalue weighted by atomic mass is 10.1. The number of hydrogen-bond acceptors (Lipinski definition) is 4. The van der Waals surface area contributed by atoms with Crippen LogP contribution >= 0.6 is 11.8 Å². The zero-order valence-corrected chi connectivity index (χ0v) is 11.3. The molecule has 0 radical (unpaired) electrons. The van der Waals surface area contributed by atoms with Crippen LogP contribution in [0.25, 0.3) is 0 Å². The Labute approximate surface area is 112 Å². The highest BCUT2D eigenvalue weighted by Crippen LogP contribution is 2.16. The second-order valence-corrected chi connectivity index (χ2v) is 4.65. The van der Waals surface area contributed by atoms with Gasteiger partial charge in [0, 0.05) is 17.1 Å². The molecule has 0 amide bonds. The van der Waals surface area contributed by atoms with E-state index >= 15 is 0 Å². The van der Waals surface area contributed by atoms with Crippen molar-refractivity contribution in [3.8, 4) is 11.8 Å². The maximum Gasteiger partial charge on any atom is 0.306 e. The minimum Gasteiger partial charge on any atom is -0.469 e. The monoisotopic (exact) mass is 263 g/mol. The van der Waals surface area contributed by atoms with Crippen molar-refractivity contribution in [1.29, 1.82) is 0 Å². The average molecular weight is 263 g/mol. The molecule has 0 saturated heterocycles. The van der Waals surface area contributed by atoms with E-state index in [1.54, 1.807) is 11.8 Å². The van der Waals surface area contributed by atoms with Crippen molar-refractivity contribution < 1.29 is 9.53 Å². The lowest BCUT2D eigenvalue weighted by Gasteiger charge is -2.04. The Morgan fingerprint density at radius 2 is 2.22 bits per heavy atom. The number of benzene rings is 1. The molecule has 0 aliphatic heterocycles. The van der Waals surface area contributed by atoms with Gasteiger partial charge in [0.25, 0.3) is 0 Å². The highest BCUT2D eigenvalue weighted by molar-refractivity contribution is 7.98. The van der Waals surface area contributed by atoms with E-state index in [2.05, 4.69) is 16.6 Å². The average Bonchev–Trinajstić information content (AvgIpc) is 2.42. The summed E-state index contributed by atoms with van der Waals surface area (Å²) < 4.78 is 4.59. The predicted molar refractivity (Wildman–Crippen MR) is 75.2 cm³/mol. The summed E-state index contributed by atoms with van der Waals surface area (Å²) in [6.45, 7) is 0.365.